The average Bonchev–Trinajstić information content (AvgIpc) is 2.62. The number of carboxylic acid groups (broad SMARTS) is 1. The molecule has 2 aromatic carbocycles. The number of hydrogen-bond donors (Lipinski definition) is 2. The molecule has 0 saturated heterocycles. The summed E-state index contributed by atoms with van der Waals surface area (Å²) in [7, 11) is 0. The lowest BCUT2D eigenvalue weighted by Crippen LogP contribution is -2.18. The molecule has 0 aromatic heterocycles. The van der Waals surface area contributed by atoms with E-state index in [1.807, 2.05) is 0 Å². The third kappa shape index (κ3) is 7.36. The summed E-state index contributed by atoms with van der Waals surface area (Å²) in [5.74, 6) is -0.768. The van der Waals surface area contributed by atoms with Gasteiger partial charge in [-0.25, -0.2) is 0 Å². The highest BCUT2D eigenvalue weighted by Gasteiger charge is 1.99. The summed E-state index contributed by atoms with van der Waals surface area (Å²) in [6.07, 6.45) is 5.63. The minimum absolute atomic E-state index is 0.157. The van der Waals surface area contributed by atoms with E-state index in [0.717, 1.165) is 19.3 Å². The number of rotatable bonds is 10. The van der Waals surface area contributed by atoms with Crippen LogP contribution in [-0.4, -0.2) is 24.2 Å². The SMILES string of the molecule is C/C(=C/CNCCC(=O)O)c1ccc(CCCc2ccccc2)cc1. The van der Waals surface area contributed by atoms with E-state index in [1.165, 1.54) is 22.3 Å². The Labute approximate surface area is 150 Å². The summed E-state index contributed by atoms with van der Waals surface area (Å²) in [5, 5.41) is 11.7. The number of carbonyl (C=O) groups is 1. The predicted molar refractivity (Wildman–Crippen MR) is 104 cm³/mol. The highest BCUT2D eigenvalue weighted by molar-refractivity contribution is 5.67. The van der Waals surface area contributed by atoms with Crippen molar-refractivity contribution in [2.45, 2.75) is 32.6 Å². The standard InChI is InChI=1S/C22H27NO2/c1-18(14-16-23-17-15-22(24)25)21-12-10-20(11-13-21)9-5-8-19-6-3-2-4-7-19/h2-4,6-7,10-14,23H,5,8-9,15-17H2,1H3,(H,24,25)/b18-14-. The summed E-state index contributed by atoms with van der Waals surface area (Å²) in [5.41, 5.74) is 5.19. The van der Waals surface area contributed by atoms with Crippen molar-refractivity contribution in [1.29, 1.82) is 0 Å². The zero-order valence-electron chi connectivity index (χ0n) is 14.9. The normalized spacial score (nSPS) is 11.5. The van der Waals surface area contributed by atoms with E-state index < -0.39 is 5.97 Å². The Bertz CT molecular complexity index is 675. The zero-order valence-corrected chi connectivity index (χ0v) is 14.9. The summed E-state index contributed by atoms with van der Waals surface area (Å²) in [4.78, 5) is 10.4. The molecule has 2 N–H and O–H groups in total. The number of aliphatic carboxylic acids is 1. The minimum Gasteiger partial charge on any atom is -0.481 e. The number of aryl methyl sites for hydroxylation is 2. The molecule has 0 atom stereocenters. The molecule has 0 heterocycles. The average molecular weight is 337 g/mol. The first kappa shape index (κ1) is 18.9. The van der Waals surface area contributed by atoms with Gasteiger partial charge in [-0.15, -0.1) is 0 Å². The summed E-state index contributed by atoms with van der Waals surface area (Å²) in [6.45, 7) is 3.28. The van der Waals surface area contributed by atoms with Gasteiger partial charge in [0.15, 0.2) is 0 Å². The smallest absolute Gasteiger partial charge is 0.304 e. The second-order valence-electron chi connectivity index (χ2n) is 6.27. The molecule has 2 rings (SSSR count). The van der Waals surface area contributed by atoms with Gasteiger partial charge < -0.3 is 10.4 Å². The van der Waals surface area contributed by atoms with E-state index in [1.54, 1.807) is 0 Å². The van der Waals surface area contributed by atoms with Crippen LogP contribution in [0, 0.1) is 0 Å². The summed E-state index contributed by atoms with van der Waals surface area (Å²) >= 11 is 0. The van der Waals surface area contributed by atoms with Crippen LogP contribution in [0.3, 0.4) is 0 Å². The molecule has 0 bridgehead atoms. The van der Waals surface area contributed by atoms with Crippen molar-refractivity contribution in [3.63, 3.8) is 0 Å². The van der Waals surface area contributed by atoms with Crippen LogP contribution >= 0.6 is 0 Å². The highest BCUT2D eigenvalue weighted by Crippen LogP contribution is 2.16. The number of nitrogens with one attached hydrogen (secondary N) is 1. The molecule has 25 heavy (non-hydrogen) atoms. The first-order chi connectivity index (χ1) is 12.1. The summed E-state index contributed by atoms with van der Waals surface area (Å²) in [6, 6.07) is 19.3. The van der Waals surface area contributed by atoms with E-state index in [-0.39, 0.29) is 6.42 Å². The maximum absolute atomic E-state index is 10.4. The topological polar surface area (TPSA) is 49.3 Å². The van der Waals surface area contributed by atoms with Gasteiger partial charge in [-0.3, -0.25) is 4.79 Å². The van der Waals surface area contributed by atoms with Crippen LogP contribution in [-0.2, 0) is 17.6 Å². The van der Waals surface area contributed by atoms with Crippen LogP contribution in [0.1, 0.15) is 36.5 Å². The van der Waals surface area contributed by atoms with Crippen LogP contribution in [0.5, 0.6) is 0 Å². The van der Waals surface area contributed by atoms with Crippen LogP contribution in [0.15, 0.2) is 60.7 Å². The van der Waals surface area contributed by atoms with Gasteiger partial charge in [0, 0.05) is 13.1 Å². The molecule has 0 radical (unpaired) electrons. The molecular weight excluding hydrogens is 310 g/mol. The van der Waals surface area contributed by atoms with Crippen LogP contribution in [0.25, 0.3) is 5.57 Å². The number of hydrogen-bond acceptors (Lipinski definition) is 2. The maximum atomic E-state index is 10.4. The molecule has 3 nitrogen and oxygen atoms in total. The van der Waals surface area contributed by atoms with Crippen molar-refractivity contribution >= 4 is 11.5 Å². The van der Waals surface area contributed by atoms with Gasteiger partial charge in [-0.05, 0) is 48.4 Å². The first-order valence-electron chi connectivity index (χ1n) is 8.87. The van der Waals surface area contributed by atoms with Crippen molar-refractivity contribution in [1.82, 2.24) is 5.32 Å². The molecule has 0 spiro atoms. The monoisotopic (exact) mass is 337 g/mol. The molecule has 2 aromatic rings. The quantitative estimate of drug-likeness (QED) is 0.635. The van der Waals surface area contributed by atoms with Gasteiger partial charge >= 0.3 is 5.97 Å². The Morgan fingerprint density at radius 2 is 1.64 bits per heavy atom. The van der Waals surface area contributed by atoms with E-state index in [9.17, 15) is 4.79 Å². The van der Waals surface area contributed by atoms with Crippen molar-refractivity contribution in [3.8, 4) is 0 Å². The summed E-state index contributed by atoms with van der Waals surface area (Å²) < 4.78 is 0. The van der Waals surface area contributed by atoms with Crippen molar-refractivity contribution in [3.05, 3.63) is 77.4 Å². The highest BCUT2D eigenvalue weighted by atomic mass is 16.4. The Balaban J connectivity index is 1.75. The zero-order chi connectivity index (χ0) is 17.9. The predicted octanol–water partition coefficient (Wildman–Crippen LogP) is 4.33. The van der Waals surface area contributed by atoms with Gasteiger partial charge in [0.25, 0.3) is 0 Å². The Kier molecular flexibility index (Phi) is 7.93. The molecule has 3 heteroatoms. The number of carboxylic acids is 1. The fourth-order valence-electron chi connectivity index (χ4n) is 2.72. The maximum Gasteiger partial charge on any atom is 0.304 e. The second-order valence-corrected chi connectivity index (χ2v) is 6.27. The molecule has 132 valence electrons. The van der Waals surface area contributed by atoms with Crippen LogP contribution in [0.4, 0.5) is 0 Å². The van der Waals surface area contributed by atoms with E-state index in [4.69, 9.17) is 5.11 Å². The van der Waals surface area contributed by atoms with Gasteiger partial charge in [-0.1, -0.05) is 60.7 Å². The lowest BCUT2D eigenvalue weighted by atomic mass is 10.0. The third-order valence-corrected chi connectivity index (χ3v) is 4.25. The minimum atomic E-state index is -0.768. The molecular formula is C22H27NO2. The van der Waals surface area contributed by atoms with Crippen molar-refractivity contribution in [2.24, 2.45) is 0 Å². The lowest BCUT2D eigenvalue weighted by molar-refractivity contribution is -0.136. The fraction of sp³-hybridized carbons (Fsp3) is 0.318. The molecule has 0 aliphatic heterocycles. The van der Waals surface area contributed by atoms with E-state index in [2.05, 4.69) is 72.9 Å². The molecule has 0 saturated carbocycles. The van der Waals surface area contributed by atoms with E-state index in [0.29, 0.717) is 13.1 Å². The fourth-order valence-corrected chi connectivity index (χ4v) is 2.72. The van der Waals surface area contributed by atoms with Gasteiger partial charge in [-0.2, -0.15) is 0 Å². The van der Waals surface area contributed by atoms with Crippen molar-refractivity contribution in [2.75, 3.05) is 13.1 Å². The van der Waals surface area contributed by atoms with E-state index >= 15 is 0 Å². The largest absolute Gasteiger partial charge is 0.481 e. The van der Waals surface area contributed by atoms with Gasteiger partial charge in [0.1, 0.15) is 0 Å². The Morgan fingerprint density at radius 1 is 1.00 bits per heavy atom. The van der Waals surface area contributed by atoms with Crippen LogP contribution in [0.2, 0.25) is 0 Å². The van der Waals surface area contributed by atoms with Crippen molar-refractivity contribution < 1.29 is 9.90 Å². The molecule has 0 fully saturated rings. The van der Waals surface area contributed by atoms with Crippen LogP contribution < -0.4 is 5.32 Å². The number of allylic oxidation sites excluding steroid dienone is 1. The number of benzene rings is 2. The second kappa shape index (κ2) is 10.5. The molecule has 0 unspecified atom stereocenters. The Morgan fingerprint density at radius 3 is 2.28 bits per heavy atom. The van der Waals surface area contributed by atoms with Gasteiger partial charge in [0.05, 0.1) is 6.42 Å². The first-order valence-corrected chi connectivity index (χ1v) is 8.87. The Hall–Kier alpha value is -2.39. The molecule has 0 aliphatic carbocycles. The lowest BCUT2D eigenvalue weighted by Gasteiger charge is -2.06. The third-order valence-electron chi connectivity index (χ3n) is 4.25. The molecule has 0 aliphatic rings. The molecule has 0 amide bonds. The van der Waals surface area contributed by atoms with Gasteiger partial charge in [0.2, 0.25) is 0 Å².